The van der Waals surface area contributed by atoms with Crippen LogP contribution in [-0.2, 0) is 10.0 Å². The molecule has 2 atom stereocenters. The van der Waals surface area contributed by atoms with Gasteiger partial charge in [-0.25, -0.2) is 18.1 Å². The average molecular weight is 442 g/mol. The van der Waals surface area contributed by atoms with Gasteiger partial charge in [0.2, 0.25) is 5.28 Å². The van der Waals surface area contributed by atoms with Gasteiger partial charge in [-0.3, -0.25) is 4.79 Å². The van der Waals surface area contributed by atoms with Gasteiger partial charge in [-0.05, 0) is 36.6 Å². The van der Waals surface area contributed by atoms with Gasteiger partial charge in [0, 0.05) is 6.04 Å². The molecule has 0 saturated heterocycles. The third-order valence-electron chi connectivity index (χ3n) is 4.14. The molecule has 2 unspecified atom stereocenters. The fourth-order valence-corrected chi connectivity index (χ4v) is 4.59. The van der Waals surface area contributed by atoms with Crippen LogP contribution in [0.2, 0.25) is 10.4 Å². The predicted octanol–water partition coefficient (Wildman–Crippen LogP) is 3.74. The number of hydrogen-bond acceptors (Lipinski definition) is 4. The monoisotopic (exact) mass is 441 g/mol. The van der Waals surface area contributed by atoms with Gasteiger partial charge in [0.25, 0.3) is 15.9 Å². The molecule has 2 aromatic rings. The van der Waals surface area contributed by atoms with Gasteiger partial charge in [0.1, 0.15) is 5.15 Å². The number of carbonyl (C=O) groups excluding carboxylic acids is 1. The van der Waals surface area contributed by atoms with Crippen molar-refractivity contribution in [3.63, 3.8) is 0 Å². The zero-order valence-corrected chi connectivity index (χ0v) is 15.9. The summed E-state index contributed by atoms with van der Waals surface area (Å²) < 4.78 is 65.8. The minimum absolute atomic E-state index is 0.126. The normalized spacial score (nSPS) is 19.8. The Bertz CT molecular complexity index is 1020. The summed E-state index contributed by atoms with van der Waals surface area (Å²) >= 11 is 11.8. The number of nitrogens with zero attached hydrogens (tertiary/aromatic N) is 2. The Hall–Kier alpha value is -1.78. The zero-order valence-electron chi connectivity index (χ0n) is 13.6. The van der Waals surface area contributed by atoms with Crippen LogP contribution >= 0.6 is 23.2 Å². The van der Waals surface area contributed by atoms with Crippen LogP contribution in [0.1, 0.15) is 28.5 Å². The van der Waals surface area contributed by atoms with Crippen molar-refractivity contribution in [2.75, 3.05) is 0 Å². The Morgan fingerprint density at radius 3 is 2.48 bits per heavy atom. The molecule has 1 aliphatic rings. The highest BCUT2D eigenvalue weighted by Crippen LogP contribution is 2.55. The number of carbonyl (C=O) groups is 1. The molecule has 0 bridgehead atoms. The number of aryl methyl sites for hydroxylation is 1. The van der Waals surface area contributed by atoms with Gasteiger partial charge >= 0.3 is 6.18 Å². The number of halogens is 5. The van der Waals surface area contributed by atoms with E-state index in [1.807, 2.05) is 0 Å². The van der Waals surface area contributed by atoms with Crippen molar-refractivity contribution >= 4 is 39.1 Å². The van der Waals surface area contributed by atoms with Crippen LogP contribution in [0, 0.1) is 12.8 Å². The van der Waals surface area contributed by atoms with Gasteiger partial charge < -0.3 is 4.57 Å². The number of alkyl halides is 3. The maximum absolute atomic E-state index is 12.8. The second kappa shape index (κ2) is 6.68. The van der Waals surface area contributed by atoms with Crippen LogP contribution in [0.15, 0.2) is 29.2 Å². The largest absolute Gasteiger partial charge is 0.393 e. The average Bonchev–Trinajstić information content (AvgIpc) is 3.27. The highest BCUT2D eigenvalue weighted by Gasteiger charge is 2.58. The third kappa shape index (κ3) is 3.78. The molecule has 0 aliphatic heterocycles. The van der Waals surface area contributed by atoms with E-state index in [0.29, 0.717) is 5.56 Å². The molecule has 6 nitrogen and oxygen atoms in total. The van der Waals surface area contributed by atoms with E-state index in [4.69, 9.17) is 23.2 Å². The SMILES string of the molecule is Cc1ccccc1S(=O)(=O)NC(=O)c1nc(Cl)n(C2CC2C(F)(F)F)c1Cl. The molecular weight excluding hydrogens is 430 g/mol. The van der Waals surface area contributed by atoms with Gasteiger partial charge in [-0.15, -0.1) is 0 Å². The van der Waals surface area contributed by atoms with E-state index >= 15 is 0 Å². The molecular formula is C15H12Cl2F3N3O3S. The Morgan fingerprint density at radius 2 is 1.93 bits per heavy atom. The summed E-state index contributed by atoms with van der Waals surface area (Å²) in [5.41, 5.74) is -0.162. The van der Waals surface area contributed by atoms with Gasteiger partial charge in [-0.1, -0.05) is 29.8 Å². The molecule has 1 amide bonds. The lowest BCUT2D eigenvalue weighted by molar-refractivity contribution is -0.150. The quantitative estimate of drug-likeness (QED) is 0.783. The Kier molecular flexibility index (Phi) is 4.94. The third-order valence-corrected chi connectivity index (χ3v) is 6.26. The first-order valence-electron chi connectivity index (χ1n) is 7.56. The fraction of sp³-hybridized carbons (Fsp3) is 0.333. The first-order valence-corrected chi connectivity index (χ1v) is 9.80. The molecule has 1 aromatic carbocycles. The number of aromatic nitrogens is 2. The van der Waals surface area contributed by atoms with E-state index in [-0.39, 0.29) is 11.3 Å². The van der Waals surface area contributed by atoms with Crippen LogP contribution < -0.4 is 4.72 Å². The number of nitrogens with one attached hydrogen (secondary N) is 1. The van der Waals surface area contributed by atoms with E-state index in [2.05, 4.69) is 4.98 Å². The van der Waals surface area contributed by atoms with E-state index in [1.54, 1.807) is 23.8 Å². The molecule has 1 aliphatic carbocycles. The lowest BCUT2D eigenvalue weighted by Gasteiger charge is -2.09. The molecule has 0 spiro atoms. The second-order valence-corrected chi connectivity index (χ2v) is 8.39. The smallest absolute Gasteiger partial charge is 0.301 e. The molecule has 27 heavy (non-hydrogen) atoms. The molecule has 12 heteroatoms. The maximum atomic E-state index is 12.8. The van der Waals surface area contributed by atoms with E-state index in [1.165, 1.54) is 12.1 Å². The maximum Gasteiger partial charge on any atom is 0.393 e. The van der Waals surface area contributed by atoms with Gasteiger partial charge in [-0.2, -0.15) is 13.2 Å². The Labute approximate surface area is 162 Å². The summed E-state index contributed by atoms with van der Waals surface area (Å²) in [6.45, 7) is 1.54. The number of rotatable bonds is 4. The van der Waals surface area contributed by atoms with Crippen LogP contribution in [0.3, 0.4) is 0 Å². The van der Waals surface area contributed by atoms with Crippen molar-refractivity contribution in [1.29, 1.82) is 0 Å². The van der Waals surface area contributed by atoms with Crippen LogP contribution in [0.4, 0.5) is 13.2 Å². The minimum Gasteiger partial charge on any atom is -0.301 e. The second-order valence-electron chi connectivity index (χ2n) is 6.04. The topological polar surface area (TPSA) is 81.1 Å². The molecule has 0 radical (unpaired) electrons. The first kappa shape index (κ1) is 20.0. The van der Waals surface area contributed by atoms with Crippen molar-refractivity contribution in [2.24, 2.45) is 5.92 Å². The standard InChI is InChI=1S/C15H12Cl2F3N3O3S/c1-7-4-2-3-5-10(7)27(25,26)22-13(24)11-12(16)23(14(17)21-11)9-6-8(9)15(18,19)20/h2-5,8-9H,6H2,1H3,(H,22,24). The Morgan fingerprint density at radius 1 is 1.30 bits per heavy atom. The minimum atomic E-state index is -4.43. The molecule has 1 N–H and O–H groups in total. The summed E-state index contributed by atoms with van der Waals surface area (Å²) in [4.78, 5) is 15.8. The summed E-state index contributed by atoms with van der Waals surface area (Å²) in [7, 11) is -4.23. The Balaban J connectivity index is 1.87. The van der Waals surface area contributed by atoms with Crippen molar-refractivity contribution in [3.05, 3.63) is 46.0 Å². The van der Waals surface area contributed by atoms with Gasteiger partial charge in [0.05, 0.1) is 10.8 Å². The lowest BCUT2D eigenvalue weighted by Crippen LogP contribution is -2.31. The molecule has 3 rings (SSSR count). The summed E-state index contributed by atoms with van der Waals surface area (Å²) in [5.74, 6) is -2.83. The predicted molar refractivity (Wildman–Crippen MR) is 91.3 cm³/mol. The van der Waals surface area contributed by atoms with Crippen molar-refractivity contribution in [2.45, 2.75) is 30.5 Å². The van der Waals surface area contributed by atoms with Crippen molar-refractivity contribution in [3.8, 4) is 0 Å². The van der Waals surface area contributed by atoms with E-state index in [9.17, 15) is 26.4 Å². The lowest BCUT2D eigenvalue weighted by atomic mass is 10.2. The number of imidazole rings is 1. The fourth-order valence-electron chi connectivity index (χ4n) is 2.72. The molecule has 146 valence electrons. The highest BCUT2D eigenvalue weighted by atomic mass is 35.5. The molecule has 1 aromatic heterocycles. The summed E-state index contributed by atoms with van der Waals surface area (Å²) in [6, 6.07) is 4.88. The summed E-state index contributed by atoms with van der Waals surface area (Å²) in [6.07, 6.45) is -4.68. The highest BCUT2D eigenvalue weighted by molar-refractivity contribution is 7.90. The van der Waals surface area contributed by atoms with Gasteiger partial charge in [0.15, 0.2) is 5.69 Å². The zero-order chi connectivity index (χ0) is 20.1. The van der Waals surface area contributed by atoms with Crippen LogP contribution in [-0.4, -0.2) is 30.1 Å². The van der Waals surface area contributed by atoms with Crippen molar-refractivity contribution < 1.29 is 26.4 Å². The molecule has 1 saturated carbocycles. The number of benzene rings is 1. The molecule has 1 fully saturated rings. The first-order chi connectivity index (χ1) is 12.4. The van der Waals surface area contributed by atoms with Crippen LogP contribution in [0.25, 0.3) is 0 Å². The van der Waals surface area contributed by atoms with Crippen molar-refractivity contribution in [1.82, 2.24) is 14.3 Å². The number of amides is 1. The summed E-state index contributed by atoms with van der Waals surface area (Å²) in [5, 5.41) is -0.871. The van der Waals surface area contributed by atoms with Crippen LogP contribution in [0.5, 0.6) is 0 Å². The number of hydrogen-bond donors (Lipinski definition) is 1. The molecule has 1 heterocycles. The number of sulfonamides is 1. The van der Waals surface area contributed by atoms with E-state index < -0.39 is 50.2 Å². The van der Waals surface area contributed by atoms with E-state index in [0.717, 1.165) is 4.57 Å².